The van der Waals surface area contributed by atoms with Crippen molar-refractivity contribution < 1.29 is 51.4 Å². The van der Waals surface area contributed by atoms with Crippen LogP contribution in [0.4, 0.5) is 117 Å². The van der Waals surface area contributed by atoms with Crippen LogP contribution < -0.4 is 77.5 Å². The van der Waals surface area contributed by atoms with Crippen molar-refractivity contribution in [1.82, 2.24) is 24.8 Å². The number of nitrogens with one attached hydrogen (secondary N) is 10. The number of hydrogen-bond acceptors (Lipinski definition) is 17. The Bertz CT molecular complexity index is 6000. The number of halogens is 5. The molecule has 139 heavy (non-hydrogen) atoms. The number of carbonyl (C=O) groups is 5. The second-order valence-electron chi connectivity index (χ2n) is 34.6. The summed E-state index contributed by atoms with van der Waals surface area (Å²) in [5, 5.41) is 28.9. The number of benzene rings is 10. The summed E-state index contributed by atoms with van der Waals surface area (Å²) in [6.07, 6.45) is 20.9. The number of amides is 10. The Morgan fingerprint density at radius 3 is 1.12 bits per heavy atom. The number of piperidine rings is 4. The number of anilines is 14. The molecular formula is C107H118Cl2F3N19O8. The number of urea groups is 5. The molecule has 0 spiro atoms. The normalized spacial score (nSPS) is 15.2. The molecule has 10 amide bonds. The zero-order valence-corrected chi connectivity index (χ0v) is 79.3. The topological polar surface area (TPSA) is 291 Å². The van der Waals surface area contributed by atoms with E-state index in [9.17, 15) is 37.1 Å². The predicted molar refractivity (Wildman–Crippen MR) is 552 cm³/mol. The quantitative estimate of drug-likeness (QED) is 0.0320. The maximum atomic E-state index is 14.5. The zero-order chi connectivity index (χ0) is 96.3. The van der Waals surface area contributed by atoms with Gasteiger partial charge in [-0.15, -0.1) is 0 Å². The van der Waals surface area contributed by atoms with Gasteiger partial charge in [0.25, 0.3) is 0 Å². The fourth-order valence-corrected chi connectivity index (χ4v) is 17.3. The number of morpholine rings is 2. The van der Waals surface area contributed by atoms with E-state index in [1.54, 1.807) is 104 Å². The van der Waals surface area contributed by atoms with Gasteiger partial charge in [-0.3, -0.25) is 14.8 Å². The number of hydrogen-bond donors (Lipinski definition) is 10. The smallest absolute Gasteiger partial charge is 0.323 e. The molecule has 0 bridgehead atoms. The van der Waals surface area contributed by atoms with E-state index in [2.05, 4.69) is 92.5 Å². The highest BCUT2D eigenvalue weighted by Gasteiger charge is 2.23. The van der Waals surface area contributed by atoms with Crippen molar-refractivity contribution in [3.8, 4) is 28.1 Å². The lowest BCUT2D eigenvalue weighted by atomic mass is 10.1. The monoisotopic (exact) mass is 1920 g/mol. The molecule has 0 atom stereocenters. The van der Waals surface area contributed by atoms with Crippen molar-refractivity contribution in [2.45, 2.75) is 96.4 Å². The Morgan fingerprint density at radius 1 is 0.324 bits per heavy atom. The molecular weight excluding hydrogens is 1810 g/mol. The molecule has 0 unspecified atom stereocenters. The van der Waals surface area contributed by atoms with Gasteiger partial charge in [0, 0.05) is 195 Å². The minimum Gasteiger partial charge on any atom is -0.493 e. The lowest BCUT2D eigenvalue weighted by molar-refractivity contribution is 0.0342. The van der Waals surface area contributed by atoms with E-state index in [4.69, 9.17) is 42.4 Å². The van der Waals surface area contributed by atoms with Crippen molar-refractivity contribution in [2.75, 3.05) is 191 Å². The zero-order valence-electron chi connectivity index (χ0n) is 77.8. The molecule has 6 fully saturated rings. The van der Waals surface area contributed by atoms with Gasteiger partial charge in [0.2, 0.25) is 5.95 Å². The summed E-state index contributed by atoms with van der Waals surface area (Å²) < 4.78 is 59.7. The second-order valence-corrected chi connectivity index (χ2v) is 35.5. The van der Waals surface area contributed by atoms with Crippen molar-refractivity contribution >= 4 is 133 Å². The van der Waals surface area contributed by atoms with E-state index >= 15 is 0 Å². The van der Waals surface area contributed by atoms with Crippen LogP contribution in [0.5, 0.6) is 5.75 Å². The number of carbonyl (C=O) groups excluding carboxylic acids is 5. The third-order valence-corrected chi connectivity index (χ3v) is 25.0. The number of aromatic nitrogens is 3. The Hall–Kier alpha value is -14.0. The van der Waals surface area contributed by atoms with Crippen LogP contribution in [0.3, 0.4) is 0 Å². The van der Waals surface area contributed by atoms with Crippen LogP contribution in [0, 0.1) is 17.5 Å². The molecule has 724 valence electrons. The largest absolute Gasteiger partial charge is 0.493 e. The molecule has 0 radical (unpaired) electrons. The average Bonchev–Trinajstić information content (AvgIpc) is 1.78. The van der Waals surface area contributed by atoms with Gasteiger partial charge in [-0.05, 0) is 287 Å². The number of fused-ring (bicyclic) bond motifs is 1. The second kappa shape index (κ2) is 51.4. The summed E-state index contributed by atoms with van der Waals surface area (Å²) in [4.78, 5) is 87.4. The molecule has 0 aliphatic carbocycles. The number of pyridine rings is 1. The highest BCUT2D eigenvalue weighted by atomic mass is 35.5. The van der Waals surface area contributed by atoms with Crippen LogP contribution in [0.15, 0.2) is 255 Å². The molecule has 7 aliphatic rings. The summed E-state index contributed by atoms with van der Waals surface area (Å²) in [7, 11) is 0. The van der Waals surface area contributed by atoms with Crippen LogP contribution in [-0.4, -0.2) is 173 Å². The lowest BCUT2D eigenvalue weighted by Crippen LogP contribution is -2.37. The Kier molecular flexibility index (Phi) is 36.8. The van der Waals surface area contributed by atoms with Gasteiger partial charge in [-0.1, -0.05) is 77.8 Å². The Balaban J connectivity index is 0.000000132. The van der Waals surface area contributed by atoms with Crippen LogP contribution in [0.1, 0.15) is 93.7 Å². The molecule has 10 N–H and O–H groups in total. The third-order valence-electron chi connectivity index (χ3n) is 24.5. The van der Waals surface area contributed by atoms with Gasteiger partial charge in [0.15, 0.2) is 0 Å². The van der Waals surface area contributed by atoms with Crippen molar-refractivity contribution in [3.05, 3.63) is 299 Å². The number of nitrogens with zero attached hydrogens (tertiary/aromatic N) is 9. The van der Waals surface area contributed by atoms with Crippen molar-refractivity contribution in [1.29, 1.82) is 0 Å². The first-order valence-corrected chi connectivity index (χ1v) is 48.4. The lowest BCUT2D eigenvalue weighted by Gasteiger charge is -2.29. The van der Waals surface area contributed by atoms with Gasteiger partial charge in [-0.25, -0.2) is 47.1 Å². The van der Waals surface area contributed by atoms with Gasteiger partial charge in [-0.2, -0.15) is 0 Å². The molecule has 2 aromatic heterocycles. The molecule has 27 nitrogen and oxygen atoms in total. The summed E-state index contributed by atoms with van der Waals surface area (Å²) in [5.41, 5.74) is 15.4. The number of rotatable bonds is 21. The molecule has 32 heteroatoms. The van der Waals surface area contributed by atoms with Gasteiger partial charge in [0.1, 0.15) is 23.2 Å². The van der Waals surface area contributed by atoms with Crippen LogP contribution >= 0.6 is 23.2 Å². The molecule has 6 saturated heterocycles. The van der Waals surface area contributed by atoms with E-state index in [1.165, 1.54) is 67.9 Å². The minimum atomic E-state index is -0.409. The van der Waals surface area contributed by atoms with Crippen LogP contribution in [0.25, 0.3) is 22.4 Å². The van der Waals surface area contributed by atoms with E-state index in [0.29, 0.717) is 90.6 Å². The standard InChI is InChI=1S/C24H31FN4O2.C23H29FN4O2.C22H22ClN5O.C20H22FN3O2.C18H14ClN3O/c25-22-18-21(8-9-23(22)29-11-2-1-3-12-29)27-24(30)26-20-6-4-19(5-7-20)10-13-28-14-16-31-17-15-28;24-21-16-20(8-9-22(21)28-10-2-1-3-11-28)26-23(29)25-19-6-4-18(5-7-19)17-27-12-14-30-15-13-27;23-17-7-9-18(10-8-17)25-22(29)26-19-6-4-5-16(15-19)20-11-12-24-21(27-20)28-13-2-1-3-14-28;21-17-12-15(6-7-18(17)24-9-2-1-3-10-24)22-20(25)23-16-5-4-14-8-11-26-19(14)13-16;19-15-3-7-17(8-4-15)22-18(23)21-16-5-1-13(2-6-16)14-9-11-20-12-10-14/h4-9,18H,1-3,10-17H2,(H2,26,27,30);4-9,16H,1-3,10-15,17H2,(H2,25,26,29);4-12,15H,1-3,13-14H2,(H2,25,26,29);4-7,12-13H,1-3,8-11H2,(H2,22,23,25);1-12H,(H2,21,22,23). The van der Waals surface area contributed by atoms with Crippen LogP contribution in [0.2, 0.25) is 10.0 Å². The van der Waals surface area contributed by atoms with Gasteiger partial charge >= 0.3 is 30.2 Å². The first-order chi connectivity index (χ1) is 67.9. The first kappa shape index (κ1) is 99.5. The fourth-order valence-electron chi connectivity index (χ4n) is 17.1. The molecule has 12 aromatic rings. The highest BCUT2D eigenvalue weighted by molar-refractivity contribution is 6.31. The van der Waals surface area contributed by atoms with E-state index in [0.717, 1.165) is 209 Å². The van der Waals surface area contributed by atoms with Crippen LogP contribution in [-0.2, 0) is 28.9 Å². The maximum Gasteiger partial charge on any atom is 0.323 e. The highest BCUT2D eigenvalue weighted by Crippen LogP contribution is 2.34. The molecule has 19 rings (SSSR count). The Morgan fingerprint density at radius 2 is 0.683 bits per heavy atom. The van der Waals surface area contributed by atoms with E-state index in [1.807, 2.05) is 133 Å². The molecule has 0 saturated carbocycles. The summed E-state index contributed by atoms with van der Waals surface area (Å²) in [5.74, 6) is 0.655. The Labute approximate surface area is 819 Å². The maximum absolute atomic E-state index is 14.5. The van der Waals surface area contributed by atoms with Crippen molar-refractivity contribution in [2.24, 2.45) is 0 Å². The van der Waals surface area contributed by atoms with Gasteiger partial charge < -0.3 is 87.0 Å². The molecule has 9 heterocycles. The predicted octanol–water partition coefficient (Wildman–Crippen LogP) is 23.5. The summed E-state index contributed by atoms with van der Waals surface area (Å²) >= 11 is 11.7. The summed E-state index contributed by atoms with van der Waals surface area (Å²) in [6, 6.07) is 69.0. The fraction of sp³-hybridized carbons (Fsp3) is 0.308. The van der Waals surface area contributed by atoms with E-state index < -0.39 is 6.03 Å². The average molecular weight is 1930 g/mol. The SMILES string of the molecule is O=C(Nc1ccc(CCN2CCOCC2)cc1)Nc1ccc(N2CCCCC2)c(F)c1.O=C(Nc1ccc(CN2CCOCC2)cc1)Nc1ccc(N2CCCCC2)c(F)c1.O=C(Nc1ccc(Cl)cc1)Nc1ccc(-c2ccncc2)cc1.O=C(Nc1ccc(Cl)cc1)Nc1cccc(-c2ccnc(N3CCCCC3)n2)c1.O=C(Nc1ccc(N2CCCCC2)c(F)c1)Nc1ccc2c(c1)OCC2. The third kappa shape index (κ3) is 31.3. The minimum absolute atomic E-state index is 0.302. The molecule has 7 aliphatic heterocycles. The van der Waals surface area contributed by atoms with Gasteiger partial charge in [0.05, 0.1) is 55.8 Å². The first-order valence-electron chi connectivity index (χ1n) is 47.7. The van der Waals surface area contributed by atoms with E-state index in [-0.39, 0.29) is 41.6 Å². The number of ether oxygens (including phenoxy) is 3. The summed E-state index contributed by atoms with van der Waals surface area (Å²) in [6.45, 7) is 16.9. The molecule has 10 aromatic carbocycles. The van der Waals surface area contributed by atoms with Crippen molar-refractivity contribution in [3.63, 3.8) is 0 Å².